The minimum Gasteiger partial charge on any atom is -0.486 e. The topological polar surface area (TPSA) is 91.1 Å². The molecule has 0 amide bonds. The van der Waals surface area contributed by atoms with Crippen LogP contribution in [0.1, 0.15) is 21.5 Å². The lowest BCUT2D eigenvalue weighted by molar-refractivity contribution is -0.385. The van der Waals surface area contributed by atoms with Crippen LogP contribution in [0.3, 0.4) is 0 Å². The number of carbonyl (C=O) groups excluding carboxylic acids is 1. The molecule has 0 aliphatic carbocycles. The summed E-state index contributed by atoms with van der Waals surface area (Å²) in [7, 11) is 1.35. The summed E-state index contributed by atoms with van der Waals surface area (Å²) in [5, 5.41) is 11.5. The Bertz CT molecular complexity index is 927. The molecule has 2 heterocycles. The number of esters is 1. The molecule has 0 radical (unpaired) electrons. The molecule has 27 heavy (non-hydrogen) atoms. The first-order chi connectivity index (χ1) is 13.1. The fraction of sp³-hybridized carbons (Fsp3) is 0.316. The molecule has 2 aliphatic rings. The number of nitrogens with zero attached hydrogens (tertiary/aromatic N) is 2. The maximum Gasteiger partial charge on any atom is 0.337 e. The number of benzene rings is 2. The van der Waals surface area contributed by atoms with Gasteiger partial charge in [-0.15, -0.1) is 0 Å². The molecule has 140 valence electrons. The quantitative estimate of drug-likeness (QED) is 0.464. The number of fused-ring (bicyclic) bond motifs is 2. The predicted molar refractivity (Wildman–Crippen MR) is 96.6 cm³/mol. The van der Waals surface area contributed by atoms with E-state index in [1.54, 1.807) is 12.1 Å². The number of ether oxygens (including phenoxy) is 3. The van der Waals surface area contributed by atoms with Crippen LogP contribution in [0.4, 0.5) is 11.4 Å². The smallest absolute Gasteiger partial charge is 0.337 e. The number of carbonyl (C=O) groups is 1. The molecule has 8 heteroatoms. The highest BCUT2D eigenvalue weighted by molar-refractivity contribution is 5.90. The lowest BCUT2D eigenvalue weighted by atomic mass is 10.1. The first kappa shape index (κ1) is 17.1. The number of hydrogen-bond donors (Lipinski definition) is 0. The van der Waals surface area contributed by atoms with Gasteiger partial charge >= 0.3 is 5.97 Å². The highest BCUT2D eigenvalue weighted by atomic mass is 16.6. The maximum absolute atomic E-state index is 11.7. The van der Waals surface area contributed by atoms with Gasteiger partial charge in [0.2, 0.25) is 0 Å². The van der Waals surface area contributed by atoms with Crippen LogP contribution in [0.2, 0.25) is 0 Å². The zero-order valence-electron chi connectivity index (χ0n) is 14.8. The average Bonchev–Trinajstić information content (AvgIpc) is 3.08. The molecule has 2 aromatic rings. The fourth-order valence-corrected chi connectivity index (χ4v) is 3.50. The first-order valence-corrected chi connectivity index (χ1v) is 8.60. The van der Waals surface area contributed by atoms with E-state index in [1.165, 1.54) is 13.2 Å². The van der Waals surface area contributed by atoms with Crippen LogP contribution in [0, 0.1) is 10.1 Å². The summed E-state index contributed by atoms with van der Waals surface area (Å²) >= 11 is 0. The minimum atomic E-state index is -0.398. The molecule has 0 atom stereocenters. The van der Waals surface area contributed by atoms with E-state index in [4.69, 9.17) is 14.2 Å². The number of nitro benzene ring substituents is 1. The van der Waals surface area contributed by atoms with Gasteiger partial charge in [-0.25, -0.2) is 4.79 Å². The van der Waals surface area contributed by atoms with Crippen molar-refractivity contribution in [3.05, 3.63) is 57.1 Å². The molecule has 0 saturated heterocycles. The Morgan fingerprint density at radius 3 is 2.67 bits per heavy atom. The van der Waals surface area contributed by atoms with Gasteiger partial charge in [-0.05, 0) is 36.2 Å². The van der Waals surface area contributed by atoms with Crippen LogP contribution in [-0.4, -0.2) is 37.8 Å². The van der Waals surface area contributed by atoms with Gasteiger partial charge in [0, 0.05) is 18.8 Å². The van der Waals surface area contributed by atoms with Crippen LogP contribution < -0.4 is 14.4 Å². The van der Waals surface area contributed by atoms with Gasteiger partial charge in [0.15, 0.2) is 11.5 Å². The Balaban J connectivity index is 1.64. The summed E-state index contributed by atoms with van der Waals surface area (Å²) < 4.78 is 15.8. The lowest BCUT2D eigenvalue weighted by Gasteiger charge is -2.22. The molecule has 0 N–H and O–H groups in total. The third-order valence-corrected chi connectivity index (χ3v) is 4.79. The number of anilines is 1. The van der Waals surface area contributed by atoms with Crippen molar-refractivity contribution >= 4 is 17.3 Å². The standard InChI is InChI=1S/C19H18N2O6/c1-25-19(22)13-2-3-15-12(8-13)4-5-20(15)11-14-9-17-18(27-7-6-26-17)10-16(14)21(23)24/h2-3,8-10H,4-7,11H2,1H3. The SMILES string of the molecule is COC(=O)c1ccc2c(c1)CCN2Cc1cc2c(cc1[N+](=O)[O-])OCCO2. The molecular weight excluding hydrogens is 352 g/mol. The van der Waals surface area contributed by atoms with E-state index in [-0.39, 0.29) is 11.7 Å². The van der Waals surface area contributed by atoms with Gasteiger partial charge in [0.1, 0.15) is 13.2 Å². The molecule has 4 rings (SSSR count). The van der Waals surface area contributed by atoms with E-state index in [2.05, 4.69) is 4.90 Å². The Morgan fingerprint density at radius 2 is 1.96 bits per heavy atom. The first-order valence-electron chi connectivity index (χ1n) is 8.60. The highest BCUT2D eigenvalue weighted by Crippen LogP contribution is 2.38. The van der Waals surface area contributed by atoms with E-state index in [0.29, 0.717) is 48.9 Å². The van der Waals surface area contributed by atoms with Crippen LogP contribution >= 0.6 is 0 Å². The summed E-state index contributed by atoms with van der Waals surface area (Å²) in [6, 6.07) is 8.51. The Kier molecular flexibility index (Phi) is 4.31. The molecule has 8 nitrogen and oxygen atoms in total. The molecule has 0 unspecified atom stereocenters. The van der Waals surface area contributed by atoms with E-state index >= 15 is 0 Å². The number of rotatable bonds is 4. The van der Waals surface area contributed by atoms with Gasteiger partial charge in [0.25, 0.3) is 5.69 Å². The normalized spacial score (nSPS) is 14.6. The Labute approximate surface area is 155 Å². The predicted octanol–water partition coefficient (Wildman–Crippen LogP) is 2.72. The van der Waals surface area contributed by atoms with Crippen LogP contribution in [0.25, 0.3) is 0 Å². The minimum absolute atomic E-state index is 0.0129. The molecule has 2 aliphatic heterocycles. The van der Waals surface area contributed by atoms with Gasteiger partial charge in [-0.2, -0.15) is 0 Å². The van der Waals surface area contributed by atoms with Crippen LogP contribution in [0.15, 0.2) is 30.3 Å². The molecular formula is C19H18N2O6. The zero-order valence-corrected chi connectivity index (χ0v) is 14.8. The van der Waals surface area contributed by atoms with Crippen LogP contribution in [0.5, 0.6) is 11.5 Å². The molecule has 0 aromatic heterocycles. The van der Waals surface area contributed by atoms with Crippen molar-refractivity contribution in [3.8, 4) is 11.5 Å². The largest absolute Gasteiger partial charge is 0.486 e. The second-order valence-electron chi connectivity index (χ2n) is 6.39. The maximum atomic E-state index is 11.7. The van der Waals surface area contributed by atoms with Crippen molar-refractivity contribution in [2.45, 2.75) is 13.0 Å². The third-order valence-electron chi connectivity index (χ3n) is 4.79. The second-order valence-corrected chi connectivity index (χ2v) is 6.39. The zero-order chi connectivity index (χ0) is 19.0. The van der Waals surface area contributed by atoms with Crippen molar-refractivity contribution < 1.29 is 23.9 Å². The van der Waals surface area contributed by atoms with Gasteiger partial charge in [-0.3, -0.25) is 10.1 Å². The monoisotopic (exact) mass is 370 g/mol. The lowest BCUT2D eigenvalue weighted by Crippen LogP contribution is -2.21. The molecule has 2 aromatic carbocycles. The van der Waals surface area contributed by atoms with Crippen molar-refractivity contribution in [3.63, 3.8) is 0 Å². The molecule has 0 bridgehead atoms. The van der Waals surface area contributed by atoms with Crippen molar-refractivity contribution in [1.82, 2.24) is 0 Å². The summed E-state index contributed by atoms with van der Waals surface area (Å²) in [5.41, 5.74) is 3.07. The third kappa shape index (κ3) is 3.14. The van der Waals surface area contributed by atoms with E-state index in [0.717, 1.165) is 17.7 Å². The summed E-state index contributed by atoms with van der Waals surface area (Å²) in [5.74, 6) is 0.558. The average molecular weight is 370 g/mol. The van der Waals surface area contributed by atoms with Crippen molar-refractivity contribution in [2.24, 2.45) is 0 Å². The van der Waals surface area contributed by atoms with Gasteiger partial charge in [-0.1, -0.05) is 0 Å². The number of methoxy groups -OCH3 is 1. The molecule has 0 saturated carbocycles. The Morgan fingerprint density at radius 1 is 1.22 bits per heavy atom. The van der Waals surface area contributed by atoms with Gasteiger partial charge in [0.05, 0.1) is 29.2 Å². The van der Waals surface area contributed by atoms with Gasteiger partial charge < -0.3 is 19.1 Å². The summed E-state index contributed by atoms with van der Waals surface area (Å²) in [6.45, 7) is 1.89. The highest BCUT2D eigenvalue weighted by Gasteiger charge is 2.26. The summed E-state index contributed by atoms with van der Waals surface area (Å²) in [4.78, 5) is 24.9. The second kappa shape index (κ2) is 6.79. The van der Waals surface area contributed by atoms with E-state index in [1.807, 2.05) is 12.1 Å². The van der Waals surface area contributed by atoms with E-state index in [9.17, 15) is 14.9 Å². The van der Waals surface area contributed by atoms with Crippen molar-refractivity contribution in [1.29, 1.82) is 0 Å². The number of nitro groups is 1. The number of hydrogen-bond acceptors (Lipinski definition) is 7. The van der Waals surface area contributed by atoms with Crippen LogP contribution in [-0.2, 0) is 17.7 Å². The fourth-order valence-electron chi connectivity index (χ4n) is 3.50. The van der Waals surface area contributed by atoms with Crippen molar-refractivity contribution in [2.75, 3.05) is 31.8 Å². The molecule has 0 fully saturated rings. The Hall–Kier alpha value is -3.29. The summed E-state index contributed by atoms with van der Waals surface area (Å²) in [6.07, 6.45) is 0.762. The molecule has 0 spiro atoms. The van der Waals surface area contributed by atoms with E-state index < -0.39 is 4.92 Å².